The molecule has 0 aliphatic rings. The van der Waals surface area contributed by atoms with Crippen LogP contribution >= 0.6 is 0 Å². The molecule has 3 rings (SSSR count). The zero-order valence-corrected chi connectivity index (χ0v) is 16.6. The van der Waals surface area contributed by atoms with E-state index in [-0.39, 0.29) is 5.97 Å². The van der Waals surface area contributed by atoms with Gasteiger partial charge >= 0.3 is 5.97 Å². The number of rotatable bonds is 6. The summed E-state index contributed by atoms with van der Waals surface area (Å²) >= 11 is 0. The van der Waals surface area contributed by atoms with E-state index < -0.39 is 0 Å². The van der Waals surface area contributed by atoms with Crippen LogP contribution in [0.2, 0.25) is 0 Å². The van der Waals surface area contributed by atoms with Gasteiger partial charge in [0, 0.05) is 28.9 Å². The molecule has 0 unspecified atom stereocenters. The van der Waals surface area contributed by atoms with Gasteiger partial charge in [-0.3, -0.25) is 4.99 Å². The highest BCUT2D eigenvalue weighted by atomic mass is 16.5. The quantitative estimate of drug-likeness (QED) is 0.448. The molecule has 144 valence electrons. The highest BCUT2D eigenvalue weighted by Gasteiger charge is 2.10. The fraction of sp³-hybridized carbons (Fsp3) is 0.217. The lowest BCUT2D eigenvalue weighted by Crippen LogP contribution is -2.00. The third-order valence-corrected chi connectivity index (χ3v) is 4.52. The number of aryl methyl sites for hydroxylation is 1. The second kappa shape index (κ2) is 8.57. The smallest absolute Gasteiger partial charge is 0.337 e. The summed E-state index contributed by atoms with van der Waals surface area (Å²) in [7, 11) is 1.37. The Hall–Kier alpha value is -3.34. The molecular formula is C23H24N2O3. The first-order chi connectivity index (χ1) is 13.5. The van der Waals surface area contributed by atoms with E-state index >= 15 is 0 Å². The maximum atomic E-state index is 11.5. The average molecular weight is 376 g/mol. The fourth-order valence-electron chi connectivity index (χ4n) is 3.12. The van der Waals surface area contributed by atoms with E-state index in [0.29, 0.717) is 12.2 Å². The Kier molecular flexibility index (Phi) is 5.94. The van der Waals surface area contributed by atoms with Crippen molar-refractivity contribution < 1.29 is 14.3 Å². The highest BCUT2D eigenvalue weighted by Crippen LogP contribution is 2.23. The number of methoxy groups -OCH3 is 1. The maximum Gasteiger partial charge on any atom is 0.337 e. The summed E-state index contributed by atoms with van der Waals surface area (Å²) < 4.78 is 12.4. The van der Waals surface area contributed by atoms with E-state index in [4.69, 9.17) is 9.47 Å². The van der Waals surface area contributed by atoms with Crippen LogP contribution in [-0.4, -0.2) is 30.5 Å². The van der Waals surface area contributed by atoms with Crippen LogP contribution in [-0.2, 0) is 4.74 Å². The molecule has 28 heavy (non-hydrogen) atoms. The molecule has 5 heteroatoms. The van der Waals surface area contributed by atoms with Crippen molar-refractivity contribution in [3.05, 3.63) is 77.1 Å². The number of benzene rings is 2. The van der Waals surface area contributed by atoms with Crippen molar-refractivity contribution in [1.29, 1.82) is 0 Å². The van der Waals surface area contributed by atoms with E-state index in [1.165, 1.54) is 7.11 Å². The number of ether oxygens (including phenoxy) is 2. The Balaban J connectivity index is 1.83. The average Bonchev–Trinajstić information content (AvgIpc) is 3.00. The van der Waals surface area contributed by atoms with Crippen molar-refractivity contribution >= 4 is 17.9 Å². The van der Waals surface area contributed by atoms with Gasteiger partial charge in [0.1, 0.15) is 5.75 Å². The van der Waals surface area contributed by atoms with Gasteiger partial charge in [-0.25, -0.2) is 4.79 Å². The number of aliphatic imine (C=N–C) groups is 1. The van der Waals surface area contributed by atoms with Gasteiger partial charge in [-0.2, -0.15) is 0 Å². The van der Waals surface area contributed by atoms with E-state index in [1.807, 2.05) is 25.3 Å². The molecule has 0 saturated heterocycles. The Morgan fingerprint density at radius 2 is 1.75 bits per heavy atom. The van der Waals surface area contributed by atoms with E-state index in [2.05, 4.69) is 41.6 Å². The number of carbonyl (C=O) groups is 1. The van der Waals surface area contributed by atoms with Gasteiger partial charge in [0.2, 0.25) is 0 Å². The van der Waals surface area contributed by atoms with E-state index in [9.17, 15) is 4.79 Å². The normalized spacial score (nSPS) is 11.0. The summed E-state index contributed by atoms with van der Waals surface area (Å²) in [5, 5.41) is 0. The first-order valence-corrected chi connectivity index (χ1v) is 9.18. The Morgan fingerprint density at radius 3 is 2.36 bits per heavy atom. The molecule has 0 atom stereocenters. The number of aromatic nitrogens is 1. The molecule has 0 radical (unpaired) electrons. The fourth-order valence-corrected chi connectivity index (χ4v) is 3.12. The zero-order valence-electron chi connectivity index (χ0n) is 16.6. The highest BCUT2D eigenvalue weighted by molar-refractivity contribution is 5.90. The first kappa shape index (κ1) is 19.4. The molecule has 0 bridgehead atoms. The molecule has 0 N–H and O–H groups in total. The van der Waals surface area contributed by atoms with Crippen LogP contribution in [0.5, 0.6) is 5.75 Å². The van der Waals surface area contributed by atoms with Gasteiger partial charge < -0.3 is 14.0 Å². The van der Waals surface area contributed by atoms with Gasteiger partial charge in [-0.15, -0.1) is 0 Å². The SMILES string of the molecule is CCOc1ccc(-n2c(C)cc(C=Nc3ccc(C(=O)OC)cc3)c2C)cc1. The molecular weight excluding hydrogens is 352 g/mol. The summed E-state index contributed by atoms with van der Waals surface area (Å²) in [5.74, 6) is 0.514. The molecule has 0 fully saturated rings. The van der Waals surface area contributed by atoms with Gasteiger partial charge in [0.15, 0.2) is 0 Å². The van der Waals surface area contributed by atoms with Crippen LogP contribution < -0.4 is 4.74 Å². The minimum atomic E-state index is -0.352. The van der Waals surface area contributed by atoms with Crippen molar-refractivity contribution in [2.45, 2.75) is 20.8 Å². The Labute approximate surface area is 165 Å². The molecule has 0 amide bonds. The Bertz CT molecular complexity index is 984. The van der Waals surface area contributed by atoms with Gasteiger partial charge in [0.25, 0.3) is 0 Å². The van der Waals surface area contributed by atoms with Gasteiger partial charge in [-0.1, -0.05) is 0 Å². The predicted molar refractivity (Wildman–Crippen MR) is 111 cm³/mol. The van der Waals surface area contributed by atoms with Crippen molar-refractivity contribution in [1.82, 2.24) is 4.57 Å². The summed E-state index contributed by atoms with van der Waals surface area (Å²) in [6.45, 7) is 6.78. The molecule has 3 aromatic rings. The van der Waals surface area contributed by atoms with Crippen molar-refractivity contribution in [2.75, 3.05) is 13.7 Å². The third-order valence-electron chi connectivity index (χ3n) is 4.52. The molecule has 0 saturated carbocycles. The number of hydrogen-bond donors (Lipinski definition) is 0. The molecule has 0 aliphatic carbocycles. The van der Waals surface area contributed by atoms with E-state index in [0.717, 1.165) is 34.1 Å². The van der Waals surface area contributed by atoms with Gasteiger partial charge in [0.05, 0.1) is 25.0 Å². The topological polar surface area (TPSA) is 52.8 Å². The number of carbonyl (C=O) groups excluding carboxylic acids is 1. The second-order valence-electron chi connectivity index (χ2n) is 6.39. The predicted octanol–water partition coefficient (Wildman–Crippen LogP) is 5.03. The summed E-state index contributed by atoms with van der Waals surface area (Å²) in [5.41, 5.74) is 5.65. The number of nitrogens with zero attached hydrogens (tertiary/aromatic N) is 2. The van der Waals surface area contributed by atoms with Crippen molar-refractivity contribution in [3.8, 4) is 11.4 Å². The van der Waals surface area contributed by atoms with Crippen molar-refractivity contribution in [3.63, 3.8) is 0 Å². The second-order valence-corrected chi connectivity index (χ2v) is 6.39. The van der Waals surface area contributed by atoms with Crippen LogP contribution in [0, 0.1) is 13.8 Å². The minimum absolute atomic E-state index is 0.352. The van der Waals surface area contributed by atoms with Crippen LogP contribution in [0.4, 0.5) is 5.69 Å². The minimum Gasteiger partial charge on any atom is -0.494 e. The molecule has 1 heterocycles. The third kappa shape index (κ3) is 4.14. The van der Waals surface area contributed by atoms with Crippen LogP contribution in [0.1, 0.15) is 34.2 Å². The first-order valence-electron chi connectivity index (χ1n) is 9.18. The standard InChI is InChI=1S/C23H24N2O3/c1-5-28-22-12-10-21(11-13-22)25-16(2)14-19(17(25)3)15-24-20-8-6-18(7-9-20)23(26)27-4/h6-15H,5H2,1-4H3. The lowest BCUT2D eigenvalue weighted by Gasteiger charge is -2.10. The van der Waals surface area contributed by atoms with Crippen LogP contribution in [0.15, 0.2) is 59.6 Å². The molecule has 2 aromatic carbocycles. The molecule has 1 aromatic heterocycles. The molecule has 0 spiro atoms. The number of esters is 1. The summed E-state index contributed by atoms with van der Waals surface area (Å²) in [6, 6.07) is 17.2. The van der Waals surface area contributed by atoms with Gasteiger partial charge in [-0.05, 0) is 75.4 Å². The maximum absolute atomic E-state index is 11.5. The monoisotopic (exact) mass is 376 g/mol. The number of hydrogen-bond acceptors (Lipinski definition) is 4. The molecule has 0 aliphatic heterocycles. The van der Waals surface area contributed by atoms with Crippen LogP contribution in [0.25, 0.3) is 5.69 Å². The lowest BCUT2D eigenvalue weighted by atomic mass is 10.2. The van der Waals surface area contributed by atoms with Crippen molar-refractivity contribution in [2.24, 2.45) is 4.99 Å². The zero-order chi connectivity index (χ0) is 20.1. The Morgan fingerprint density at radius 1 is 1.07 bits per heavy atom. The largest absolute Gasteiger partial charge is 0.494 e. The summed E-state index contributed by atoms with van der Waals surface area (Å²) in [6.07, 6.45) is 1.85. The summed E-state index contributed by atoms with van der Waals surface area (Å²) in [4.78, 5) is 16.0. The molecule has 5 nitrogen and oxygen atoms in total. The van der Waals surface area contributed by atoms with Crippen LogP contribution in [0.3, 0.4) is 0 Å². The lowest BCUT2D eigenvalue weighted by molar-refractivity contribution is 0.0601. The van der Waals surface area contributed by atoms with E-state index in [1.54, 1.807) is 24.3 Å².